The van der Waals surface area contributed by atoms with E-state index in [1.54, 1.807) is 11.1 Å². The van der Waals surface area contributed by atoms with Gasteiger partial charge in [0.05, 0.1) is 18.3 Å². The van der Waals surface area contributed by atoms with Gasteiger partial charge in [-0.3, -0.25) is 4.79 Å². The molecule has 0 radical (unpaired) electrons. The summed E-state index contributed by atoms with van der Waals surface area (Å²) in [6, 6.07) is 0. The van der Waals surface area contributed by atoms with Crippen molar-refractivity contribution in [3.8, 4) is 0 Å². The number of rotatable bonds is 3. The fourth-order valence-electron chi connectivity index (χ4n) is 10.2. The third-order valence-corrected chi connectivity index (χ3v) is 12.1. The average Bonchev–Trinajstić information content (AvgIpc) is 3.03. The molecule has 2 saturated heterocycles. The standard InChI is InChI=1S/C29H40O6/c1-14(2)29(33,15(3)30)24-23-22(25(32)35-24)28-13-27(28)10-8-19-18(20(27)12-21(28)34-23)6-5-16-11-17(31)7-9-26(16,19)4/h12,14,16-17,21-25,31-33H,5-11,13H2,1-4H3/t16-,17-,21-,22+,23+,24+,25+,26+,27-,28+,29+/m1/s1. The van der Waals surface area contributed by atoms with Crippen LogP contribution in [0.5, 0.6) is 0 Å². The Morgan fingerprint density at radius 3 is 2.66 bits per heavy atom. The van der Waals surface area contributed by atoms with E-state index in [9.17, 15) is 20.1 Å². The molecule has 35 heavy (non-hydrogen) atoms. The average molecular weight is 485 g/mol. The molecule has 0 aromatic carbocycles. The van der Waals surface area contributed by atoms with Gasteiger partial charge in [-0.05, 0) is 86.7 Å². The molecule has 2 aliphatic heterocycles. The predicted octanol–water partition coefficient (Wildman–Crippen LogP) is 3.43. The molecular formula is C29H40O6. The van der Waals surface area contributed by atoms with Crippen molar-refractivity contribution in [2.75, 3.05) is 0 Å². The van der Waals surface area contributed by atoms with Gasteiger partial charge in [0.15, 0.2) is 17.7 Å². The highest BCUT2D eigenvalue weighted by Gasteiger charge is 2.85. The molecule has 3 N–H and O–H groups in total. The first-order chi connectivity index (χ1) is 16.5. The Labute approximate surface area is 207 Å². The maximum absolute atomic E-state index is 12.6. The molecule has 2 saturated carbocycles. The second-order valence-electron chi connectivity index (χ2n) is 13.4. The van der Waals surface area contributed by atoms with Crippen molar-refractivity contribution < 1.29 is 29.6 Å². The van der Waals surface area contributed by atoms with Crippen LogP contribution in [0.15, 0.2) is 22.8 Å². The first kappa shape index (κ1) is 23.1. The number of aliphatic hydroxyl groups excluding tert-OH is 2. The van der Waals surface area contributed by atoms with Crippen LogP contribution in [0.25, 0.3) is 0 Å². The molecule has 2 spiro atoms. The van der Waals surface area contributed by atoms with E-state index in [-0.39, 0.29) is 46.1 Å². The highest BCUT2D eigenvalue weighted by atomic mass is 16.7. The molecule has 192 valence electrons. The van der Waals surface area contributed by atoms with Gasteiger partial charge in [0.1, 0.15) is 6.10 Å². The van der Waals surface area contributed by atoms with Gasteiger partial charge < -0.3 is 24.8 Å². The van der Waals surface area contributed by atoms with Gasteiger partial charge in [0, 0.05) is 16.7 Å². The Bertz CT molecular complexity index is 1060. The maximum Gasteiger partial charge on any atom is 0.164 e. The number of aliphatic hydroxyl groups is 3. The monoisotopic (exact) mass is 484 g/mol. The lowest BCUT2D eigenvalue weighted by atomic mass is 9.53. The smallest absolute Gasteiger partial charge is 0.164 e. The fraction of sp³-hybridized carbons (Fsp3) is 0.828. The summed E-state index contributed by atoms with van der Waals surface area (Å²) in [5, 5.41) is 32.9. The Hall–Kier alpha value is -1.05. The second-order valence-corrected chi connectivity index (χ2v) is 13.4. The molecule has 7 rings (SSSR count). The van der Waals surface area contributed by atoms with Crippen LogP contribution in [-0.4, -0.2) is 57.4 Å². The van der Waals surface area contributed by atoms with Crippen molar-refractivity contribution in [1.29, 1.82) is 0 Å². The number of hydrogen-bond donors (Lipinski definition) is 3. The molecule has 7 aliphatic rings. The molecule has 6 nitrogen and oxygen atoms in total. The molecule has 0 amide bonds. The number of carbonyl (C=O) groups excluding carboxylic acids is 1. The summed E-state index contributed by atoms with van der Waals surface area (Å²) < 4.78 is 12.7. The zero-order chi connectivity index (χ0) is 24.7. The van der Waals surface area contributed by atoms with Crippen LogP contribution in [-0.2, 0) is 14.3 Å². The third kappa shape index (κ3) is 2.47. The molecule has 0 unspecified atom stereocenters. The normalized spacial score (nSPS) is 53.1. The maximum atomic E-state index is 12.6. The van der Waals surface area contributed by atoms with Crippen LogP contribution >= 0.6 is 0 Å². The number of hydrogen-bond acceptors (Lipinski definition) is 6. The molecule has 11 atom stereocenters. The van der Waals surface area contributed by atoms with Crippen molar-refractivity contribution in [2.24, 2.45) is 34.0 Å². The van der Waals surface area contributed by atoms with E-state index >= 15 is 0 Å². The van der Waals surface area contributed by atoms with Gasteiger partial charge in [-0.2, -0.15) is 0 Å². The molecule has 6 heteroatoms. The second kappa shape index (κ2) is 6.87. The van der Waals surface area contributed by atoms with Gasteiger partial charge in [-0.15, -0.1) is 0 Å². The molecule has 0 aromatic heterocycles. The van der Waals surface area contributed by atoms with Crippen molar-refractivity contribution in [2.45, 2.75) is 115 Å². The van der Waals surface area contributed by atoms with E-state index in [1.807, 2.05) is 13.8 Å². The first-order valence-corrected chi connectivity index (χ1v) is 13.9. The largest absolute Gasteiger partial charge is 0.393 e. The van der Waals surface area contributed by atoms with Crippen molar-refractivity contribution >= 4 is 5.78 Å². The predicted molar refractivity (Wildman–Crippen MR) is 128 cm³/mol. The zero-order valence-electron chi connectivity index (χ0n) is 21.4. The minimum atomic E-state index is -1.68. The lowest BCUT2D eigenvalue weighted by Crippen LogP contribution is -2.57. The highest BCUT2D eigenvalue weighted by Crippen LogP contribution is 2.86. The van der Waals surface area contributed by atoms with E-state index in [4.69, 9.17) is 9.47 Å². The quantitative estimate of drug-likeness (QED) is 0.568. The molecular weight excluding hydrogens is 444 g/mol. The SMILES string of the molecule is CC(=O)[C@@](O)(C(C)C)[C@H]1O[C@H](O)[C@@H]2[C@@H]1O[C@@H]1C=C3C4=C(CC[C@@]35C[C@@]215)[C@@]1(C)CC[C@@H](O)C[C@H]1CC4. The summed E-state index contributed by atoms with van der Waals surface area (Å²) in [4.78, 5) is 12.6. The van der Waals surface area contributed by atoms with Crippen molar-refractivity contribution in [3.63, 3.8) is 0 Å². The Balaban J connectivity index is 1.26. The molecule has 5 aliphatic carbocycles. The third-order valence-electron chi connectivity index (χ3n) is 12.1. The lowest BCUT2D eigenvalue weighted by Gasteiger charge is -2.52. The Morgan fingerprint density at radius 2 is 1.94 bits per heavy atom. The van der Waals surface area contributed by atoms with Crippen LogP contribution in [0.2, 0.25) is 0 Å². The first-order valence-electron chi connectivity index (χ1n) is 13.9. The van der Waals surface area contributed by atoms with E-state index in [2.05, 4.69) is 13.0 Å². The number of allylic oxidation sites excluding steroid dienone is 3. The summed E-state index contributed by atoms with van der Waals surface area (Å²) in [5.41, 5.74) is 3.00. The number of ketones is 1. The van der Waals surface area contributed by atoms with Gasteiger partial charge >= 0.3 is 0 Å². The molecule has 4 fully saturated rings. The van der Waals surface area contributed by atoms with E-state index in [0.717, 1.165) is 51.4 Å². The van der Waals surface area contributed by atoms with Crippen LogP contribution in [0.1, 0.15) is 79.1 Å². The molecule has 0 aromatic rings. The topological polar surface area (TPSA) is 96.2 Å². The Kier molecular flexibility index (Phi) is 4.54. The van der Waals surface area contributed by atoms with E-state index in [0.29, 0.717) is 5.92 Å². The zero-order valence-corrected chi connectivity index (χ0v) is 21.4. The van der Waals surface area contributed by atoms with E-state index in [1.165, 1.54) is 12.5 Å². The van der Waals surface area contributed by atoms with Crippen LogP contribution < -0.4 is 0 Å². The van der Waals surface area contributed by atoms with Crippen molar-refractivity contribution in [1.82, 2.24) is 0 Å². The van der Waals surface area contributed by atoms with E-state index < -0.39 is 24.1 Å². The summed E-state index contributed by atoms with van der Waals surface area (Å²) in [6.07, 6.45) is 8.01. The minimum Gasteiger partial charge on any atom is -0.393 e. The fourth-order valence-corrected chi connectivity index (χ4v) is 10.2. The van der Waals surface area contributed by atoms with Gasteiger partial charge in [0.25, 0.3) is 0 Å². The Morgan fingerprint density at radius 1 is 1.17 bits per heavy atom. The number of carbonyl (C=O) groups is 1. The van der Waals surface area contributed by atoms with Crippen LogP contribution in [0.3, 0.4) is 0 Å². The number of Topliss-reactive ketones (excluding diaryl/α,β-unsaturated/α-hetero) is 1. The number of ether oxygens (including phenoxy) is 2. The van der Waals surface area contributed by atoms with Gasteiger partial charge in [0.2, 0.25) is 0 Å². The van der Waals surface area contributed by atoms with Gasteiger partial charge in [-0.25, -0.2) is 0 Å². The molecule has 2 heterocycles. The number of fused-ring (bicyclic) bond motifs is 4. The van der Waals surface area contributed by atoms with Gasteiger partial charge in [-0.1, -0.05) is 32.4 Å². The molecule has 0 bridgehead atoms. The summed E-state index contributed by atoms with van der Waals surface area (Å²) >= 11 is 0. The van der Waals surface area contributed by atoms with Crippen LogP contribution in [0.4, 0.5) is 0 Å². The van der Waals surface area contributed by atoms with Crippen LogP contribution in [0, 0.1) is 34.0 Å². The summed E-state index contributed by atoms with van der Waals surface area (Å²) in [5.74, 6) is -0.334. The summed E-state index contributed by atoms with van der Waals surface area (Å²) in [6.45, 7) is 7.50. The highest BCUT2D eigenvalue weighted by molar-refractivity contribution is 5.86. The summed E-state index contributed by atoms with van der Waals surface area (Å²) in [7, 11) is 0. The minimum absolute atomic E-state index is 0.0265. The lowest BCUT2D eigenvalue weighted by molar-refractivity contribution is -0.201. The van der Waals surface area contributed by atoms with Crippen molar-refractivity contribution in [3.05, 3.63) is 22.8 Å².